The monoisotopic (exact) mass is 388 g/mol. The highest BCUT2D eigenvalue weighted by Gasteiger charge is 2.61. The molecule has 1 aliphatic heterocycles. The first-order valence-electron chi connectivity index (χ1n) is 9.53. The predicted octanol–water partition coefficient (Wildman–Crippen LogP) is 4.56. The second kappa shape index (κ2) is 6.42. The second-order valence-corrected chi connectivity index (χ2v) is 8.90. The fraction of sp³-hybridized carbons (Fsp3) is 0.304. The van der Waals surface area contributed by atoms with E-state index in [1.54, 1.807) is 23.6 Å². The third-order valence-corrected chi connectivity index (χ3v) is 7.15. The summed E-state index contributed by atoms with van der Waals surface area (Å²) in [7, 11) is 0. The number of benzene rings is 2. The topological polar surface area (TPSA) is 49.4 Å². The Morgan fingerprint density at radius 3 is 2.71 bits per heavy atom. The van der Waals surface area contributed by atoms with Crippen molar-refractivity contribution >= 4 is 35.0 Å². The van der Waals surface area contributed by atoms with Crippen molar-refractivity contribution in [3.63, 3.8) is 0 Å². The van der Waals surface area contributed by atoms with Gasteiger partial charge in [-0.25, -0.2) is 0 Å². The summed E-state index contributed by atoms with van der Waals surface area (Å²) in [5, 5.41) is 3.10. The van der Waals surface area contributed by atoms with Gasteiger partial charge < -0.3 is 5.32 Å². The summed E-state index contributed by atoms with van der Waals surface area (Å²) in [4.78, 5) is 29.4. The Balaban J connectivity index is 1.51. The average Bonchev–Trinajstić information content (AvgIpc) is 2.71. The molecule has 5 heteroatoms. The van der Waals surface area contributed by atoms with Crippen LogP contribution in [0.1, 0.15) is 36.5 Å². The molecule has 3 saturated carbocycles. The molecule has 0 atom stereocenters. The van der Waals surface area contributed by atoms with Crippen molar-refractivity contribution in [2.24, 2.45) is 11.3 Å². The summed E-state index contributed by atoms with van der Waals surface area (Å²) < 4.78 is 0. The van der Waals surface area contributed by atoms with E-state index in [9.17, 15) is 9.59 Å². The zero-order valence-electron chi connectivity index (χ0n) is 15.6. The van der Waals surface area contributed by atoms with Crippen LogP contribution in [0, 0.1) is 23.2 Å². The quantitative estimate of drug-likeness (QED) is 0.784. The van der Waals surface area contributed by atoms with Crippen LogP contribution < -0.4 is 10.2 Å². The number of hydrogen-bond donors (Lipinski definition) is 1. The van der Waals surface area contributed by atoms with Gasteiger partial charge in [-0.15, -0.1) is 5.92 Å². The predicted molar refractivity (Wildman–Crippen MR) is 111 cm³/mol. The molecule has 4 nitrogen and oxygen atoms in total. The fourth-order valence-corrected chi connectivity index (χ4v) is 5.45. The lowest BCUT2D eigenvalue weighted by molar-refractivity contribution is -0.158. The Hall–Kier alpha value is -2.71. The van der Waals surface area contributed by atoms with Gasteiger partial charge in [0.1, 0.15) is 0 Å². The molecule has 0 spiro atoms. The van der Waals surface area contributed by atoms with E-state index < -0.39 is 0 Å². The number of fused-ring (bicyclic) bond motifs is 2. The SMILES string of the molecule is CC#CCN1C(=O)c2ccccc2Sc2cc(NC(=O)C34CC(C3)C4)ccc21. The van der Waals surface area contributed by atoms with Gasteiger partial charge in [0.05, 0.1) is 23.2 Å². The number of hydrogen-bond acceptors (Lipinski definition) is 3. The van der Waals surface area contributed by atoms with Crippen LogP contribution in [0.4, 0.5) is 11.4 Å². The Morgan fingerprint density at radius 2 is 2.00 bits per heavy atom. The van der Waals surface area contributed by atoms with Crippen LogP contribution in [-0.4, -0.2) is 18.4 Å². The first kappa shape index (κ1) is 17.4. The number of carbonyl (C=O) groups excluding carboxylic acids is 2. The normalized spacial score (nSPS) is 23.8. The van der Waals surface area contributed by atoms with Crippen molar-refractivity contribution in [1.82, 2.24) is 0 Å². The Bertz CT molecular complexity index is 1050. The number of nitrogens with one attached hydrogen (secondary N) is 1. The lowest BCUT2D eigenvalue weighted by Crippen LogP contribution is -2.58. The van der Waals surface area contributed by atoms with Crippen molar-refractivity contribution in [3.8, 4) is 11.8 Å². The minimum Gasteiger partial charge on any atom is -0.326 e. The highest BCUT2D eigenvalue weighted by atomic mass is 32.2. The molecule has 1 N–H and O–H groups in total. The molecule has 3 aliphatic carbocycles. The number of anilines is 2. The first-order valence-corrected chi connectivity index (χ1v) is 10.4. The fourth-order valence-electron chi connectivity index (χ4n) is 4.34. The molecule has 2 aromatic carbocycles. The first-order chi connectivity index (χ1) is 13.6. The maximum Gasteiger partial charge on any atom is 0.260 e. The molecule has 0 radical (unpaired) electrons. The van der Waals surface area contributed by atoms with Crippen LogP contribution in [-0.2, 0) is 4.79 Å². The molecule has 0 saturated heterocycles. The zero-order valence-corrected chi connectivity index (χ0v) is 16.4. The molecule has 0 aromatic heterocycles. The molecule has 28 heavy (non-hydrogen) atoms. The van der Waals surface area contributed by atoms with Crippen molar-refractivity contribution in [2.45, 2.75) is 36.0 Å². The van der Waals surface area contributed by atoms with Gasteiger partial charge in [0.25, 0.3) is 5.91 Å². The molecular weight excluding hydrogens is 368 g/mol. The van der Waals surface area contributed by atoms with Gasteiger partial charge in [-0.1, -0.05) is 29.8 Å². The van der Waals surface area contributed by atoms with Crippen LogP contribution in [0.2, 0.25) is 0 Å². The lowest BCUT2D eigenvalue weighted by Gasteiger charge is -2.60. The molecule has 0 unspecified atom stereocenters. The highest BCUT2D eigenvalue weighted by Crippen LogP contribution is 2.64. The minimum absolute atomic E-state index is 0.0461. The number of amides is 2. The van der Waals surface area contributed by atoms with Gasteiger partial charge in [-0.05, 0) is 62.4 Å². The van der Waals surface area contributed by atoms with Crippen LogP contribution in [0.25, 0.3) is 0 Å². The van der Waals surface area contributed by atoms with Crippen molar-refractivity contribution in [3.05, 3.63) is 48.0 Å². The maximum absolute atomic E-state index is 13.1. The molecular formula is C23H20N2O2S. The molecule has 1 heterocycles. The van der Waals surface area contributed by atoms with E-state index >= 15 is 0 Å². The molecule has 6 rings (SSSR count). The van der Waals surface area contributed by atoms with Gasteiger partial charge in [0.2, 0.25) is 5.91 Å². The average molecular weight is 388 g/mol. The van der Waals surface area contributed by atoms with E-state index in [1.807, 2.05) is 42.5 Å². The Morgan fingerprint density at radius 1 is 1.21 bits per heavy atom. The van der Waals surface area contributed by atoms with E-state index in [1.165, 1.54) is 0 Å². The smallest absolute Gasteiger partial charge is 0.260 e. The zero-order chi connectivity index (χ0) is 19.3. The van der Waals surface area contributed by atoms with Crippen LogP contribution in [0.3, 0.4) is 0 Å². The maximum atomic E-state index is 13.1. The van der Waals surface area contributed by atoms with Crippen molar-refractivity contribution in [1.29, 1.82) is 0 Å². The van der Waals surface area contributed by atoms with E-state index in [0.29, 0.717) is 12.1 Å². The number of carbonyl (C=O) groups is 2. The van der Waals surface area contributed by atoms with E-state index in [2.05, 4.69) is 17.2 Å². The van der Waals surface area contributed by atoms with Crippen LogP contribution in [0.5, 0.6) is 0 Å². The third kappa shape index (κ3) is 2.63. The molecule has 140 valence electrons. The van der Waals surface area contributed by atoms with Crippen LogP contribution in [0.15, 0.2) is 52.3 Å². The number of nitrogens with zero attached hydrogens (tertiary/aromatic N) is 1. The molecule has 2 bridgehead atoms. The molecule has 3 fully saturated rings. The second-order valence-electron chi connectivity index (χ2n) is 7.81. The molecule has 2 amide bonds. The molecule has 2 aromatic rings. The Labute approximate surface area is 168 Å². The van der Waals surface area contributed by atoms with Gasteiger partial charge in [-0.3, -0.25) is 14.5 Å². The van der Waals surface area contributed by atoms with Gasteiger partial charge in [0.15, 0.2) is 0 Å². The van der Waals surface area contributed by atoms with Crippen molar-refractivity contribution in [2.75, 3.05) is 16.8 Å². The van der Waals surface area contributed by atoms with Gasteiger partial charge in [0, 0.05) is 15.5 Å². The summed E-state index contributed by atoms with van der Waals surface area (Å²) >= 11 is 1.56. The summed E-state index contributed by atoms with van der Waals surface area (Å²) in [6.45, 7) is 2.11. The minimum atomic E-state index is -0.115. The highest BCUT2D eigenvalue weighted by molar-refractivity contribution is 7.99. The van der Waals surface area contributed by atoms with Crippen LogP contribution >= 0.6 is 11.8 Å². The lowest BCUT2D eigenvalue weighted by atomic mass is 9.44. The van der Waals surface area contributed by atoms with E-state index in [0.717, 1.165) is 46.3 Å². The largest absolute Gasteiger partial charge is 0.326 e. The molecule has 4 aliphatic rings. The number of rotatable bonds is 3. The summed E-state index contributed by atoms with van der Waals surface area (Å²) in [6, 6.07) is 13.4. The van der Waals surface area contributed by atoms with E-state index in [4.69, 9.17) is 0 Å². The van der Waals surface area contributed by atoms with E-state index in [-0.39, 0.29) is 17.2 Å². The summed E-state index contributed by atoms with van der Waals surface area (Å²) in [5.41, 5.74) is 2.18. The third-order valence-electron chi connectivity index (χ3n) is 6.02. The summed E-state index contributed by atoms with van der Waals surface area (Å²) in [5.74, 6) is 6.75. The standard InChI is InChI=1S/C23H20N2O2S/c1-2-3-10-25-18-9-8-16(24-22(27)23-12-15(13-23)14-23)11-20(18)28-19-7-5-4-6-17(19)21(25)26/h4-9,11,15H,10,12-14H2,1H3,(H,24,27). The van der Waals surface area contributed by atoms with Gasteiger partial charge >= 0.3 is 0 Å². The van der Waals surface area contributed by atoms with Gasteiger partial charge in [-0.2, -0.15) is 0 Å². The van der Waals surface area contributed by atoms with Crippen molar-refractivity contribution < 1.29 is 9.59 Å². The summed E-state index contributed by atoms with van der Waals surface area (Å²) in [6.07, 6.45) is 3.09. The Kier molecular flexibility index (Phi) is 3.99.